The second-order valence-corrected chi connectivity index (χ2v) is 4.57. The van der Waals surface area contributed by atoms with Crippen molar-refractivity contribution in [1.82, 2.24) is 0 Å². The zero-order chi connectivity index (χ0) is 13.0. The van der Waals surface area contributed by atoms with Gasteiger partial charge in [-0.1, -0.05) is 36.4 Å². The molecule has 0 aliphatic heterocycles. The Labute approximate surface area is 107 Å². The lowest BCUT2D eigenvalue weighted by molar-refractivity contribution is 0.122. The molecule has 0 bridgehead atoms. The quantitative estimate of drug-likeness (QED) is 0.849. The summed E-state index contributed by atoms with van der Waals surface area (Å²) in [6.07, 6.45) is -0.0358. The van der Waals surface area contributed by atoms with E-state index in [1.165, 1.54) is 5.39 Å². The third-order valence-corrected chi connectivity index (χ3v) is 3.07. The Morgan fingerprint density at radius 2 is 1.89 bits per heavy atom. The Kier molecular flexibility index (Phi) is 4.31. The van der Waals surface area contributed by atoms with Crippen LogP contribution in [0.4, 0.5) is 0 Å². The third-order valence-electron chi connectivity index (χ3n) is 3.07. The predicted octanol–water partition coefficient (Wildman–Crippen LogP) is 2.24. The number of aliphatic hydroxyl groups is 1. The molecule has 0 spiro atoms. The van der Waals surface area contributed by atoms with Gasteiger partial charge in [-0.25, -0.2) is 0 Å². The molecule has 0 fully saturated rings. The van der Waals surface area contributed by atoms with Crippen molar-refractivity contribution in [2.45, 2.75) is 18.6 Å². The number of nitrogens with two attached hydrogens (primary N) is 1. The lowest BCUT2D eigenvalue weighted by Crippen LogP contribution is -2.27. The minimum atomic E-state index is -0.542. The largest absolute Gasteiger partial charge is 0.388 e. The number of ether oxygens (including phenoxy) is 1. The van der Waals surface area contributed by atoms with E-state index in [-0.39, 0.29) is 6.04 Å². The molecule has 0 radical (unpaired) electrons. The summed E-state index contributed by atoms with van der Waals surface area (Å²) in [5.74, 6) is 0. The van der Waals surface area contributed by atoms with Crippen molar-refractivity contribution in [2.24, 2.45) is 5.73 Å². The van der Waals surface area contributed by atoms with Gasteiger partial charge in [0, 0.05) is 13.2 Å². The summed E-state index contributed by atoms with van der Waals surface area (Å²) in [6.45, 7) is 0.463. The fourth-order valence-electron chi connectivity index (χ4n) is 2.12. The maximum Gasteiger partial charge on any atom is 0.0805 e. The van der Waals surface area contributed by atoms with Gasteiger partial charge in [-0.3, -0.25) is 0 Å². The Hall–Kier alpha value is -1.42. The van der Waals surface area contributed by atoms with Crippen LogP contribution in [0.2, 0.25) is 0 Å². The van der Waals surface area contributed by atoms with Crippen molar-refractivity contribution in [2.75, 3.05) is 13.7 Å². The van der Waals surface area contributed by atoms with E-state index in [2.05, 4.69) is 6.07 Å². The van der Waals surface area contributed by atoms with Crippen LogP contribution in [0.15, 0.2) is 42.5 Å². The minimum Gasteiger partial charge on any atom is -0.388 e. The van der Waals surface area contributed by atoms with E-state index in [0.29, 0.717) is 13.0 Å². The van der Waals surface area contributed by atoms with Gasteiger partial charge in [0.1, 0.15) is 0 Å². The summed E-state index contributed by atoms with van der Waals surface area (Å²) in [7, 11) is 1.61. The summed E-state index contributed by atoms with van der Waals surface area (Å²) >= 11 is 0. The van der Waals surface area contributed by atoms with Gasteiger partial charge in [0.05, 0.1) is 12.7 Å². The van der Waals surface area contributed by atoms with Gasteiger partial charge in [-0.2, -0.15) is 0 Å². The van der Waals surface area contributed by atoms with Crippen molar-refractivity contribution in [1.29, 1.82) is 0 Å². The Bertz CT molecular complexity index is 513. The van der Waals surface area contributed by atoms with Crippen LogP contribution in [0.5, 0.6) is 0 Å². The maximum absolute atomic E-state index is 10.1. The van der Waals surface area contributed by atoms with Gasteiger partial charge < -0.3 is 15.6 Å². The molecule has 0 heterocycles. The first-order valence-corrected chi connectivity index (χ1v) is 6.12. The van der Waals surface area contributed by atoms with Gasteiger partial charge in [0.2, 0.25) is 0 Å². The molecule has 2 unspecified atom stereocenters. The number of hydrogen-bond donors (Lipinski definition) is 2. The molecule has 0 saturated carbocycles. The zero-order valence-corrected chi connectivity index (χ0v) is 10.5. The fourth-order valence-corrected chi connectivity index (χ4v) is 2.12. The topological polar surface area (TPSA) is 55.5 Å². The first-order chi connectivity index (χ1) is 8.70. The van der Waals surface area contributed by atoms with Crippen LogP contribution < -0.4 is 5.73 Å². The molecule has 3 heteroatoms. The average molecular weight is 245 g/mol. The normalized spacial score (nSPS) is 14.6. The predicted molar refractivity (Wildman–Crippen MR) is 73.4 cm³/mol. The number of hydrogen-bond acceptors (Lipinski definition) is 3. The Balaban J connectivity index is 2.15. The van der Waals surface area contributed by atoms with Crippen LogP contribution in [-0.4, -0.2) is 24.9 Å². The van der Waals surface area contributed by atoms with E-state index in [9.17, 15) is 5.11 Å². The highest BCUT2D eigenvalue weighted by Gasteiger charge is 2.13. The summed E-state index contributed by atoms with van der Waals surface area (Å²) in [5, 5.41) is 12.5. The second kappa shape index (κ2) is 5.96. The number of aliphatic hydroxyl groups excluding tert-OH is 1. The first kappa shape index (κ1) is 13.0. The Morgan fingerprint density at radius 1 is 1.17 bits per heavy atom. The maximum atomic E-state index is 10.1. The van der Waals surface area contributed by atoms with E-state index in [0.717, 1.165) is 10.9 Å². The minimum absolute atomic E-state index is 0.142. The van der Waals surface area contributed by atoms with Crippen LogP contribution in [0.3, 0.4) is 0 Å². The van der Waals surface area contributed by atoms with Crippen molar-refractivity contribution in [3.63, 3.8) is 0 Å². The summed E-state index contributed by atoms with van der Waals surface area (Å²) in [4.78, 5) is 0. The molecule has 0 amide bonds. The molecule has 3 nitrogen and oxygen atoms in total. The first-order valence-electron chi connectivity index (χ1n) is 6.12. The van der Waals surface area contributed by atoms with Crippen molar-refractivity contribution in [3.05, 3.63) is 48.0 Å². The molecule has 2 rings (SSSR count). The van der Waals surface area contributed by atoms with Gasteiger partial charge in [-0.15, -0.1) is 0 Å². The second-order valence-electron chi connectivity index (χ2n) is 4.57. The number of fused-ring (bicyclic) bond motifs is 1. The summed E-state index contributed by atoms with van der Waals surface area (Å²) < 4.78 is 4.97. The van der Waals surface area contributed by atoms with Crippen molar-refractivity contribution >= 4 is 10.8 Å². The Morgan fingerprint density at radius 3 is 2.61 bits per heavy atom. The van der Waals surface area contributed by atoms with Gasteiger partial charge in [0.15, 0.2) is 0 Å². The van der Waals surface area contributed by atoms with Crippen molar-refractivity contribution in [3.8, 4) is 0 Å². The standard InChI is InChI=1S/C15H19NO2/c1-18-10-14(16)9-15(17)13-7-6-11-4-2-3-5-12(11)8-13/h2-8,14-15,17H,9-10,16H2,1H3. The van der Waals surface area contributed by atoms with Crippen LogP contribution in [0, 0.1) is 0 Å². The molecular weight excluding hydrogens is 226 g/mol. The van der Waals surface area contributed by atoms with Crippen LogP contribution in [-0.2, 0) is 4.74 Å². The molecule has 2 aromatic rings. The van der Waals surface area contributed by atoms with Crippen LogP contribution in [0.25, 0.3) is 10.8 Å². The molecule has 18 heavy (non-hydrogen) atoms. The third kappa shape index (κ3) is 3.07. The molecule has 0 aromatic heterocycles. The fraction of sp³-hybridized carbons (Fsp3) is 0.333. The van der Waals surface area contributed by atoms with Gasteiger partial charge >= 0.3 is 0 Å². The van der Waals surface area contributed by atoms with Crippen molar-refractivity contribution < 1.29 is 9.84 Å². The van der Waals surface area contributed by atoms with Gasteiger partial charge in [-0.05, 0) is 28.8 Å². The summed E-state index contributed by atoms with van der Waals surface area (Å²) in [6, 6.07) is 13.9. The highest BCUT2D eigenvalue weighted by atomic mass is 16.5. The molecule has 2 aromatic carbocycles. The molecule has 96 valence electrons. The summed E-state index contributed by atoms with van der Waals surface area (Å²) in [5.41, 5.74) is 6.75. The molecule has 0 aliphatic carbocycles. The van der Waals surface area contributed by atoms with E-state index >= 15 is 0 Å². The molecular formula is C15H19NO2. The number of methoxy groups -OCH3 is 1. The SMILES string of the molecule is COCC(N)CC(O)c1ccc2ccccc2c1. The number of benzene rings is 2. The van der Waals surface area contributed by atoms with E-state index in [1.807, 2.05) is 36.4 Å². The van der Waals surface area contributed by atoms with Gasteiger partial charge in [0.25, 0.3) is 0 Å². The molecule has 3 N–H and O–H groups in total. The lowest BCUT2D eigenvalue weighted by Gasteiger charge is -2.16. The van der Waals surface area contributed by atoms with E-state index in [1.54, 1.807) is 7.11 Å². The highest BCUT2D eigenvalue weighted by molar-refractivity contribution is 5.83. The van der Waals surface area contributed by atoms with E-state index < -0.39 is 6.10 Å². The molecule has 0 saturated heterocycles. The average Bonchev–Trinajstić information content (AvgIpc) is 2.38. The van der Waals surface area contributed by atoms with Crippen LogP contribution >= 0.6 is 0 Å². The highest BCUT2D eigenvalue weighted by Crippen LogP contribution is 2.23. The number of rotatable bonds is 5. The van der Waals surface area contributed by atoms with Crippen LogP contribution in [0.1, 0.15) is 18.1 Å². The molecule has 0 aliphatic rings. The molecule has 2 atom stereocenters. The smallest absolute Gasteiger partial charge is 0.0805 e. The monoisotopic (exact) mass is 245 g/mol. The van der Waals surface area contributed by atoms with E-state index in [4.69, 9.17) is 10.5 Å². The lowest BCUT2D eigenvalue weighted by atomic mass is 9.99. The zero-order valence-electron chi connectivity index (χ0n) is 10.5.